The number of carbonyl (C=O) groups excluding carboxylic acids is 3. The number of cyclic esters (lactones) is 1. The van der Waals surface area contributed by atoms with Gasteiger partial charge in [0.15, 0.2) is 0 Å². The molecule has 138 valence electrons. The van der Waals surface area contributed by atoms with E-state index in [-0.39, 0.29) is 5.91 Å². The quantitative estimate of drug-likeness (QED) is 0.845. The van der Waals surface area contributed by atoms with Crippen LogP contribution in [0.3, 0.4) is 0 Å². The highest BCUT2D eigenvalue weighted by atomic mass is 16.6. The van der Waals surface area contributed by atoms with Crippen LogP contribution in [-0.2, 0) is 15.1 Å². The molecule has 2 aromatic rings. The summed E-state index contributed by atoms with van der Waals surface area (Å²) >= 11 is 0. The van der Waals surface area contributed by atoms with E-state index in [0.29, 0.717) is 30.9 Å². The van der Waals surface area contributed by atoms with Crippen LogP contribution in [0.1, 0.15) is 18.9 Å². The third-order valence-corrected chi connectivity index (χ3v) is 5.05. The fraction of sp³-hybridized carbons (Fsp3) is 0.250. The SMILES string of the molecule is CCC1(c2ccccc2)NC(=O)N(c2cccc(N3CCOC3=O)c2)C1=O. The molecular formula is C20H19N3O4. The molecule has 7 nitrogen and oxygen atoms in total. The largest absolute Gasteiger partial charge is 0.447 e. The van der Waals surface area contributed by atoms with E-state index < -0.39 is 17.7 Å². The highest BCUT2D eigenvalue weighted by Crippen LogP contribution is 2.36. The zero-order valence-electron chi connectivity index (χ0n) is 14.8. The summed E-state index contributed by atoms with van der Waals surface area (Å²) in [4.78, 5) is 40.5. The predicted octanol–water partition coefficient (Wildman–Crippen LogP) is 3.00. The van der Waals surface area contributed by atoms with E-state index in [1.807, 2.05) is 37.3 Å². The minimum atomic E-state index is -1.10. The number of carbonyl (C=O) groups is 3. The second-order valence-electron chi connectivity index (χ2n) is 6.48. The fourth-order valence-electron chi connectivity index (χ4n) is 3.60. The lowest BCUT2D eigenvalue weighted by atomic mass is 9.87. The van der Waals surface area contributed by atoms with Crippen LogP contribution in [0.5, 0.6) is 0 Å². The van der Waals surface area contributed by atoms with Crippen LogP contribution in [-0.4, -0.2) is 31.2 Å². The van der Waals surface area contributed by atoms with E-state index >= 15 is 0 Å². The zero-order valence-corrected chi connectivity index (χ0v) is 14.8. The molecule has 2 fully saturated rings. The molecule has 0 bridgehead atoms. The highest BCUT2D eigenvalue weighted by Gasteiger charge is 2.51. The van der Waals surface area contributed by atoms with Crippen LogP contribution in [0.15, 0.2) is 54.6 Å². The van der Waals surface area contributed by atoms with Crippen LogP contribution >= 0.6 is 0 Å². The van der Waals surface area contributed by atoms with Gasteiger partial charge in [-0.15, -0.1) is 0 Å². The third-order valence-electron chi connectivity index (χ3n) is 5.05. The van der Waals surface area contributed by atoms with Crippen LogP contribution in [0.25, 0.3) is 0 Å². The molecule has 2 heterocycles. The van der Waals surface area contributed by atoms with Crippen LogP contribution in [0, 0.1) is 0 Å². The number of amides is 4. The van der Waals surface area contributed by atoms with Gasteiger partial charge in [-0.2, -0.15) is 0 Å². The molecule has 2 saturated heterocycles. The average molecular weight is 365 g/mol. The maximum atomic E-state index is 13.3. The highest BCUT2D eigenvalue weighted by molar-refractivity contribution is 6.23. The molecule has 1 atom stereocenters. The van der Waals surface area contributed by atoms with Crippen LogP contribution in [0.2, 0.25) is 0 Å². The fourth-order valence-corrected chi connectivity index (χ4v) is 3.60. The molecular weight excluding hydrogens is 346 g/mol. The van der Waals surface area contributed by atoms with E-state index in [0.717, 1.165) is 10.5 Å². The third kappa shape index (κ3) is 2.63. The van der Waals surface area contributed by atoms with Crippen molar-refractivity contribution in [2.45, 2.75) is 18.9 Å². The normalized spacial score (nSPS) is 22.2. The number of nitrogens with zero attached hydrogens (tertiary/aromatic N) is 2. The Balaban J connectivity index is 1.72. The molecule has 27 heavy (non-hydrogen) atoms. The van der Waals surface area contributed by atoms with Crippen molar-refractivity contribution >= 4 is 29.4 Å². The lowest BCUT2D eigenvalue weighted by Crippen LogP contribution is -2.43. The molecule has 2 aromatic carbocycles. The van der Waals surface area contributed by atoms with Gasteiger partial charge in [0.2, 0.25) is 0 Å². The second-order valence-corrected chi connectivity index (χ2v) is 6.48. The van der Waals surface area contributed by atoms with Gasteiger partial charge >= 0.3 is 12.1 Å². The Labute approximate surface area is 156 Å². The van der Waals surface area contributed by atoms with Crippen molar-refractivity contribution in [3.63, 3.8) is 0 Å². The van der Waals surface area contributed by atoms with Crippen LogP contribution < -0.4 is 15.1 Å². The summed E-state index contributed by atoms with van der Waals surface area (Å²) in [5.41, 5.74) is 0.652. The number of nitrogens with one attached hydrogen (secondary N) is 1. The van der Waals surface area contributed by atoms with Gasteiger partial charge in [-0.25, -0.2) is 14.5 Å². The summed E-state index contributed by atoms with van der Waals surface area (Å²) < 4.78 is 4.96. The van der Waals surface area contributed by atoms with E-state index in [1.54, 1.807) is 24.3 Å². The van der Waals surface area contributed by atoms with E-state index in [4.69, 9.17) is 4.74 Å². The summed E-state index contributed by atoms with van der Waals surface area (Å²) in [6, 6.07) is 15.5. The minimum absolute atomic E-state index is 0.319. The lowest BCUT2D eigenvalue weighted by Gasteiger charge is -2.26. The first-order valence-corrected chi connectivity index (χ1v) is 8.83. The molecule has 0 aromatic heterocycles. The Morgan fingerprint density at radius 2 is 1.78 bits per heavy atom. The molecule has 4 rings (SSSR count). The number of hydrogen-bond acceptors (Lipinski definition) is 4. The Morgan fingerprint density at radius 3 is 2.44 bits per heavy atom. The minimum Gasteiger partial charge on any atom is -0.447 e. The molecule has 2 aliphatic rings. The molecule has 0 saturated carbocycles. The molecule has 7 heteroatoms. The average Bonchev–Trinajstić information content (AvgIpc) is 3.23. The molecule has 4 amide bonds. The van der Waals surface area contributed by atoms with Crippen LogP contribution in [0.4, 0.5) is 21.0 Å². The summed E-state index contributed by atoms with van der Waals surface area (Å²) in [5.74, 6) is -0.331. The predicted molar refractivity (Wildman–Crippen MR) is 99.6 cm³/mol. The van der Waals surface area contributed by atoms with Crippen molar-refractivity contribution < 1.29 is 19.1 Å². The molecule has 2 aliphatic heterocycles. The maximum absolute atomic E-state index is 13.3. The monoisotopic (exact) mass is 365 g/mol. The van der Waals surface area contributed by atoms with Gasteiger partial charge in [-0.3, -0.25) is 9.69 Å². The van der Waals surface area contributed by atoms with Gasteiger partial charge in [-0.05, 0) is 30.2 Å². The first-order valence-electron chi connectivity index (χ1n) is 8.83. The molecule has 1 N–H and O–H groups in total. The Bertz CT molecular complexity index is 914. The summed E-state index contributed by atoms with van der Waals surface area (Å²) in [6.45, 7) is 2.62. The van der Waals surface area contributed by atoms with Crippen molar-refractivity contribution in [3.8, 4) is 0 Å². The van der Waals surface area contributed by atoms with Gasteiger partial charge in [0.1, 0.15) is 12.1 Å². The zero-order chi connectivity index (χ0) is 19.0. The number of hydrogen-bond donors (Lipinski definition) is 1. The van der Waals surface area contributed by atoms with E-state index in [2.05, 4.69) is 5.32 Å². The van der Waals surface area contributed by atoms with Crippen molar-refractivity contribution in [1.82, 2.24) is 5.32 Å². The van der Waals surface area contributed by atoms with Crippen molar-refractivity contribution in [2.24, 2.45) is 0 Å². The van der Waals surface area contributed by atoms with E-state index in [9.17, 15) is 14.4 Å². The number of rotatable bonds is 4. The Hall–Kier alpha value is -3.35. The van der Waals surface area contributed by atoms with Gasteiger partial charge in [0, 0.05) is 5.69 Å². The standard InChI is InChI=1S/C20H19N3O4/c1-2-20(14-7-4-3-5-8-14)17(24)23(18(25)21-20)16-10-6-9-15(13-16)22-11-12-27-19(22)26/h3-10,13H,2,11-12H2,1H3,(H,21,25). The molecule has 0 spiro atoms. The Morgan fingerprint density at radius 1 is 1.04 bits per heavy atom. The molecule has 0 aliphatic carbocycles. The number of anilines is 2. The van der Waals surface area contributed by atoms with Crippen molar-refractivity contribution in [2.75, 3.05) is 23.0 Å². The van der Waals surface area contributed by atoms with Crippen molar-refractivity contribution in [3.05, 3.63) is 60.2 Å². The topological polar surface area (TPSA) is 79.0 Å². The summed E-state index contributed by atoms with van der Waals surface area (Å²) in [7, 11) is 0. The molecule has 1 unspecified atom stereocenters. The van der Waals surface area contributed by atoms with Gasteiger partial charge in [0.25, 0.3) is 5.91 Å². The first-order chi connectivity index (χ1) is 13.1. The van der Waals surface area contributed by atoms with Gasteiger partial charge in [0.05, 0.1) is 12.2 Å². The Kier molecular flexibility index (Phi) is 4.07. The van der Waals surface area contributed by atoms with Crippen molar-refractivity contribution in [1.29, 1.82) is 0 Å². The number of ether oxygens (including phenoxy) is 1. The number of urea groups is 1. The van der Waals surface area contributed by atoms with Gasteiger partial charge < -0.3 is 10.1 Å². The lowest BCUT2D eigenvalue weighted by molar-refractivity contribution is -0.122. The summed E-state index contributed by atoms with van der Waals surface area (Å²) in [6.07, 6.45) is -0.00694. The van der Waals surface area contributed by atoms with Gasteiger partial charge in [-0.1, -0.05) is 43.3 Å². The maximum Gasteiger partial charge on any atom is 0.414 e. The smallest absolute Gasteiger partial charge is 0.414 e. The molecule has 0 radical (unpaired) electrons. The second kappa shape index (κ2) is 6.42. The van der Waals surface area contributed by atoms with E-state index in [1.165, 1.54) is 4.90 Å². The number of imide groups is 1. The first kappa shape index (κ1) is 17.1. The summed E-state index contributed by atoms with van der Waals surface area (Å²) in [5, 5.41) is 2.86. The number of benzene rings is 2.